The van der Waals surface area contributed by atoms with Crippen LogP contribution in [-0.4, -0.2) is 20.2 Å². The van der Waals surface area contributed by atoms with Crippen LogP contribution in [0.1, 0.15) is 17.0 Å². The molecular formula is C17H15FO4. The van der Waals surface area contributed by atoms with Gasteiger partial charge in [0.05, 0.1) is 20.1 Å². The Morgan fingerprint density at radius 3 is 2.59 bits per heavy atom. The van der Waals surface area contributed by atoms with Gasteiger partial charge in [-0.2, -0.15) is 0 Å². The molecule has 0 bridgehead atoms. The van der Waals surface area contributed by atoms with E-state index in [9.17, 15) is 9.18 Å². The summed E-state index contributed by atoms with van der Waals surface area (Å²) in [5.74, 6) is 0.177. The molecule has 1 aliphatic rings. The average molecular weight is 302 g/mol. The minimum Gasteiger partial charge on any atom is -0.493 e. The lowest BCUT2D eigenvalue weighted by atomic mass is 9.89. The summed E-state index contributed by atoms with van der Waals surface area (Å²) in [6.07, 6.45) is 0.462. The van der Waals surface area contributed by atoms with Gasteiger partial charge in [0, 0.05) is 6.07 Å². The molecule has 1 unspecified atom stereocenters. The lowest BCUT2D eigenvalue weighted by Gasteiger charge is -2.24. The quantitative estimate of drug-likeness (QED) is 0.645. The minimum atomic E-state index is -0.447. The zero-order valence-corrected chi connectivity index (χ0v) is 12.3. The molecular weight excluding hydrogens is 287 g/mol. The number of fused-ring (bicyclic) bond motifs is 1. The van der Waals surface area contributed by atoms with Crippen LogP contribution in [0.25, 0.3) is 0 Å². The first kappa shape index (κ1) is 14.4. The third kappa shape index (κ3) is 2.50. The highest BCUT2D eigenvalue weighted by atomic mass is 19.1. The Kier molecular flexibility index (Phi) is 3.71. The van der Waals surface area contributed by atoms with Gasteiger partial charge in [-0.25, -0.2) is 4.39 Å². The molecule has 0 spiro atoms. The van der Waals surface area contributed by atoms with Gasteiger partial charge in [-0.3, -0.25) is 4.79 Å². The van der Waals surface area contributed by atoms with Crippen LogP contribution in [0.4, 0.5) is 4.39 Å². The molecule has 0 saturated carbocycles. The number of halogens is 1. The van der Waals surface area contributed by atoms with Gasteiger partial charge in [-0.05, 0) is 35.7 Å². The van der Waals surface area contributed by atoms with Gasteiger partial charge in [-0.15, -0.1) is 0 Å². The first-order chi connectivity index (χ1) is 10.6. The van der Waals surface area contributed by atoms with E-state index < -0.39 is 17.7 Å². The number of carbonyl (C=O) groups excluding carboxylic acids is 1. The molecule has 1 heterocycles. The topological polar surface area (TPSA) is 44.8 Å². The molecule has 0 saturated heterocycles. The smallest absolute Gasteiger partial charge is 0.319 e. The number of ether oxygens (including phenoxy) is 3. The third-order valence-corrected chi connectivity index (χ3v) is 3.76. The van der Waals surface area contributed by atoms with Crippen molar-refractivity contribution in [1.29, 1.82) is 0 Å². The second kappa shape index (κ2) is 5.67. The van der Waals surface area contributed by atoms with Crippen LogP contribution in [0.5, 0.6) is 17.2 Å². The highest BCUT2D eigenvalue weighted by Gasteiger charge is 2.30. The van der Waals surface area contributed by atoms with Crippen molar-refractivity contribution < 1.29 is 23.4 Å². The highest BCUT2D eigenvalue weighted by Crippen LogP contribution is 2.37. The highest BCUT2D eigenvalue weighted by molar-refractivity contribution is 5.83. The lowest BCUT2D eigenvalue weighted by Crippen LogP contribution is -2.26. The molecule has 22 heavy (non-hydrogen) atoms. The average Bonchev–Trinajstić information content (AvgIpc) is 2.53. The zero-order chi connectivity index (χ0) is 15.7. The predicted molar refractivity (Wildman–Crippen MR) is 78.0 cm³/mol. The van der Waals surface area contributed by atoms with E-state index in [1.165, 1.54) is 12.1 Å². The van der Waals surface area contributed by atoms with Gasteiger partial charge >= 0.3 is 5.97 Å². The van der Waals surface area contributed by atoms with Crippen LogP contribution in [0, 0.1) is 5.82 Å². The molecule has 1 atom stereocenters. The van der Waals surface area contributed by atoms with Crippen molar-refractivity contribution in [3.8, 4) is 17.2 Å². The standard InChI is InChI=1S/C17H15FO4/c1-20-14-6-4-10(8-16(14)21-2)13-7-11-3-5-12(18)9-15(11)22-17(13)19/h3-6,8-9,13H,7H2,1-2H3. The van der Waals surface area contributed by atoms with E-state index in [1.807, 2.05) is 6.07 Å². The molecule has 5 heteroatoms. The van der Waals surface area contributed by atoms with Crippen LogP contribution in [0.15, 0.2) is 36.4 Å². The van der Waals surface area contributed by atoms with E-state index in [2.05, 4.69) is 0 Å². The van der Waals surface area contributed by atoms with Crippen molar-refractivity contribution >= 4 is 5.97 Å². The van der Waals surface area contributed by atoms with E-state index in [1.54, 1.807) is 32.4 Å². The van der Waals surface area contributed by atoms with E-state index in [0.29, 0.717) is 23.7 Å². The SMILES string of the molecule is COc1ccc(C2Cc3ccc(F)cc3OC2=O)cc1OC. The summed E-state index contributed by atoms with van der Waals surface area (Å²) >= 11 is 0. The molecule has 0 fully saturated rings. The second-order valence-corrected chi connectivity index (χ2v) is 5.04. The van der Waals surface area contributed by atoms with Crippen molar-refractivity contribution in [2.45, 2.75) is 12.3 Å². The molecule has 0 radical (unpaired) electrons. The maximum absolute atomic E-state index is 13.2. The summed E-state index contributed by atoms with van der Waals surface area (Å²) in [5, 5.41) is 0. The van der Waals surface area contributed by atoms with E-state index in [-0.39, 0.29) is 0 Å². The number of rotatable bonds is 3. The lowest BCUT2D eigenvalue weighted by molar-refractivity contribution is -0.137. The fourth-order valence-corrected chi connectivity index (χ4v) is 2.60. The number of benzene rings is 2. The van der Waals surface area contributed by atoms with Crippen LogP contribution >= 0.6 is 0 Å². The summed E-state index contributed by atoms with van der Waals surface area (Å²) in [6.45, 7) is 0. The molecule has 2 aromatic carbocycles. The van der Waals surface area contributed by atoms with Gasteiger partial charge < -0.3 is 14.2 Å². The van der Waals surface area contributed by atoms with Gasteiger partial charge in [0.2, 0.25) is 0 Å². The normalized spacial score (nSPS) is 16.7. The Morgan fingerprint density at radius 2 is 1.86 bits per heavy atom. The molecule has 0 amide bonds. The molecule has 0 aromatic heterocycles. The maximum atomic E-state index is 13.2. The summed E-state index contributed by atoms with van der Waals surface area (Å²) in [6, 6.07) is 9.56. The molecule has 3 rings (SSSR count). The number of hydrogen-bond donors (Lipinski definition) is 0. The van der Waals surface area contributed by atoms with Crippen molar-refractivity contribution in [2.75, 3.05) is 14.2 Å². The van der Waals surface area contributed by atoms with Gasteiger partial charge in [0.1, 0.15) is 11.6 Å². The third-order valence-electron chi connectivity index (χ3n) is 3.76. The van der Waals surface area contributed by atoms with Gasteiger partial charge in [0.15, 0.2) is 11.5 Å². The largest absolute Gasteiger partial charge is 0.493 e. The van der Waals surface area contributed by atoms with Crippen LogP contribution < -0.4 is 14.2 Å². The molecule has 4 nitrogen and oxygen atoms in total. The van der Waals surface area contributed by atoms with Crippen molar-refractivity contribution in [2.24, 2.45) is 0 Å². The van der Waals surface area contributed by atoms with Gasteiger partial charge in [-0.1, -0.05) is 12.1 Å². The Morgan fingerprint density at radius 1 is 1.09 bits per heavy atom. The number of esters is 1. The minimum absolute atomic E-state index is 0.293. The Hall–Kier alpha value is -2.56. The number of hydrogen-bond acceptors (Lipinski definition) is 4. The van der Waals surface area contributed by atoms with Gasteiger partial charge in [0.25, 0.3) is 0 Å². The van der Waals surface area contributed by atoms with Crippen LogP contribution in [-0.2, 0) is 11.2 Å². The van der Waals surface area contributed by atoms with Crippen molar-refractivity contribution in [3.05, 3.63) is 53.3 Å². The first-order valence-electron chi connectivity index (χ1n) is 6.84. The summed E-state index contributed by atoms with van der Waals surface area (Å²) in [7, 11) is 3.09. The second-order valence-electron chi connectivity index (χ2n) is 5.04. The molecule has 1 aliphatic heterocycles. The molecule has 0 N–H and O–H groups in total. The van der Waals surface area contributed by atoms with E-state index >= 15 is 0 Å². The predicted octanol–water partition coefficient (Wildman–Crippen LogP) is 3.09. The first-order valence-corrected chi connectivity index (χ1v) is 6.84. The summed E-state index contributed by atoms with van der Waals surface area (Å²) in [4.78, 5) is 12.2. The Labute approximate surface area is 127 Å². The molecule has 0 aliphatic carbocycles. The number of methoxy groups -OCH3 is 2. The fourth-order valence-electron chi connectivity index (χ4n) is 2.60. The Balaban J connectivity index is 1.95. The van der Waals surface area contributed by atoms with Crippen molar-refractivity contribution in [1.82, 2.24) is 0 Å². The zero-order valence-electron chi connectivity index (χ0n) is 12.3. The number of carbonyl (C=O) groups is 1. The van der Waals surface area contributed by atoms with E-state index in [4.69, 9.17) is 14.2 Å². The maximum Gasteiger partial charge on any atom is 0.319 e. The van der Waals surface area contributed by atoms with Crippen LogP contribution in [0.2, 0.25) is 0 Å². The molecule has 114 valence electrons. The van der Waals surface area contributed by atoms with E-state index in [0.717, 1.165) is 11.1 Å². The van der Waals surface area contributed by atoms with Crippen LogP contribution in [0.3, 0.4) is 0 Å². The summed E-state index contributed by atoms with van der Waals surface area (Å²) in [5.41, 5.74) is 1.58. The summed E-state index contributed by atoms with van der Waals surface area (Å²) < 4.78 is 28.9. The Bertz CT molecular complexity index is 727. The van der Waals surface area contributed by atoms with Crippen molar-refractivity contribution in [3.63, 3.8) is 0 Å². The monoisotopic (exact) mass is 302 g/mol. The molecule has 2 aromatic rings. The fraction of sp³-hybridized carbons (Fsp3) is 0.235.